The van der Waals surface area contributed by atoms with Crippen LogP contribution < -0.4 is 19.3 Å². The second-order valence-electron chi connectivity index (χ2n) is 5.15. The van der Waals surface area contributed by atoms with E-state index in [0.29, 0.717) is 24.3 Å². The molecule has 1 fully saturated rings. The van der Waals surface area contributed by atoms with Crippen LogP contribution in [0.5, 0.6) is 11.8 Å². The van der Waals surface area contributed by atoms with Gasteiger partial charge < -0.3 is 19.3 Å². The first-order valence-electron chi connectivity index (χ1n) is 7.72. The van der Waals surface area contributed by atoms with Gasteiger partial charge in [-0.3, -0.25) is 0 Å². The van der Waals surface area contributed by atoms with Crippen molar-refractivity contribution in [2.24, 2.45) is 0 Å². The molecule has 2 aromatic heterocycles. The summed E-state index contributed by atoms with van der Waals surface area (Å²) in [5.74, 6) is 2.69. The van der Waals surface area contributed by atoms with Crippen molar-refractivity contribution in [1.29, 1.82) is 0 Å². The number of anilines is 2. The molecule has 1 aliphatic rings. The molecule has 0 amide bonds. The Labute approximate surface area is 149 Å². The van der Waals surface area contributed by atoms with Gasteiger partial charge in [-0.05, 0) is 22.9 Å². The van der Waals surface area contributed by atoms with Gasteiger partial charge in [0.2, 0.25) is 17.7 Å². The van der Waals surface area contributed by atoms with E-state index in [0.717, 1.165) is 36.5 Å². The highest BCUT2D eigenvalue weighted by atomic mass is 79.9. The summed E-state index contributed by atoms with van der Waals surface area (Å²) >= 11 is 3.37. The number of aromatic nitrogens is 4. The van der Waals surface area contributed by atoms with Crippen molar-refractivity contribution in [3.63, 3.8) is 0 Å². The summed E-state index contributed by atoms with van der Waals surface area (Å²) in [6.45, 7) is 5.78. The molecular formula is C15H19BrN6O2. The zero-order chi connectivity index (χ0) is 16.9. The van der Waals surface area contributed by atoms with Crippen molar-refractivity contribution >= 4 is 27.7 Å². The van der Waals surface area contributed by atoms with Crippen LogP contribution in [0.2, 0.25) is 0 Å². The van der Waals surface area contributed by atoms with E-state index in [1.807, 2.05) is 13.0 Å². The topological polar surface area (TPSA) is 76.5 Å². The predicted octanol–water partition coefficient (Wildman–Crippen LogP) is 1.76. The van der Waals surface area contributed by atoms with Crippen molar-refractivity contribution in [1.82, 2.24) is 19.9 Å². The van der Waals surface area contributed by atoms with Crippen LogP contribution in [-0.4, -0.2) is 59.8 Å². The highest BCUT2D eigenvalue weighted by molar-refractivity contribution is 9.10. The fourth-order valence-electron chi connectivity index (χ4n) is 2.50. The molecule has 9 heteroatoms. The SMILES string of the molecule is CCOc1cc(N2CCN(c3ncc(Br)c(OC)n3)CC2)ncn1. The van der Waals surface area contributed by atoms with Gasteiger partial charge in [-0.15, -0.1) is 0 Å². The summed E-state index contributed by atoms with van der Waals surface area (Å²) in [7, 11) is 1.60. The lowest BCUT2D eigenvalue weighted by Crippen LogP contribution is -2.47. The summed E-state index contributed by atoms with van der Waals surface area (Å²) in [4.78, 5) is 21.6. The molecule has 0 atom stereocenters. The highest BCUT2D eigenvalue weighted by Crippen LogP contribution is 2.24. The summed E-state index contributed by atoms with van der Waals surface area (Å²) < 4.78 is 11.4. The first-order valence-corrected chi connectivity index (χ1v) is 8.52. The molecule has 0 bridgehead atoms. The first kappa shape index (κ1) is 16.7. The van der Waals surface area contributed by atoms with Crippen molar-refractivity contribution in [2.75, 3.05) is 49.7 Å². The Morgan fingerprint density at radius 1 is 1.12 bits per heavy atom. The third kappa shape index (κ3) is 3.66. The lowest BCUT2D eigenvalue weighted by Gasteiger charge is -2.35. The van der Waals surface area contributed by atoms with Crippen LogP contribution in [-0.2, 0) is 0 Å². The second-order valence-corrected chi connectivity index (χ2v) is 6.00. The van der Waals surface area contributed by atoms with E-state index in [4.69, 9.17) is 9.47 Å². The second kappa shape index (κ2) is 7.61. The summed E-state index contributed by atoms with van der Waals surface area (Å²) in [6, 6.07) is 1.87. The van der Waals surface area contributed by atoms with E-state index in [2.05, 4.69) is 45.7 Å². The molecule has 1 saturated heterocycles. The van der Waals surface area contributed by atoms with Gasteiger partial charge in [0.1, 0.15) is 12.1 Å². The molecular weight excluding hydrogens is 376 g/mol. The minimum absolute atomic E-state index is 0.541. The molecule has 1 aliphatic heterocycles. The van der Waals surface area contributed by atoms with Gasteiger partial charge in [-0.2, -0.15) is 4.98 Å². The number of halogens is 1. The summed E-state index contributed by atoms with van der Waals surface area (Å²) in [5, 5.41) is 0. The zero-order valence-electron chi connectivity index (χ0n) is 13.6. The van der Waals surface area contributed by atoms with E-state index >= 15 is 0 Å². The average molecular weight is 395 g/mol. The molecule has 3 rings (SSSR count). The van der Waals surface area contributed by atoms with Gasteiger partial charge in [-0.1, -0.05) is 0 Å². The van der Waals surface area contributed by atoms with Gasteiger partial charge in [-0.25, -0.2) is 15.0 Å². The Hall–Kier alpha value is -2.16. The van der Waals surface area contributed by atoms with Crippen molar-refractivity contribution in [2.45, 2.75) is 6.92 Å². The van der Waals surface area contributed by atoms with Gasteiger partial charge >= 0.3 is 0 Å². The van der Waals surface area contributed by atoms with Crippen molar-refractivity contribution in [3.8, 4) is 11.8 Å². The van der Waals surface area contributed by atoms with Crippen LogP contribution in [0.15, 0.2) is 23.1 Å². The Kier molecular flexibility index (Phi) is 5.29. The number of methoxy groups -OCH3 is 1. The highest BCUT2D eigenvalue weighted by Gasteiger charge is 2.21. The van der Waals surface area contributed by atoms with Crippen LogP contribution in [0.25, 0.3) is 0 Å². The maximum absolute atomic E-state index is 5.44. The number of nitrogens with zero attached hydrogens (tertiary/aromatic N) is 6. The summed E-state index contributed by atoms with van der Waals surface area (Å²) in [6.07, 6.45) is 3.25. The Balaban J connectivity index is 1.66. The number of hydrogen-bond donors (Lipinski definition) is 0. The molecule has 3 heterocycles. The number of ether oxygens (including phenoxy) is 2. The average Bonchev–Trinajstić information content (AvgIpc) is 2.63. The minimum atomic E-state index is 0.541. The fourth-order valence-corrected chi connectivity index (χ4v) is 2.86. The van der Waals surface area contributed by atoms with E-state index in [-0.39, 0.29) is 0 Å². The Bertz CT molecular complexity index is 693. The molecule has 0 aliphatic carbocycles. The largest absolute Gasteiger partial charge is 0.480 e. The van der Waals surface area contributed by atoms with E-state index in [1.54, 1.807) is 13.3 Å². The van der Waals surface area contributed by atoms with Crippen molar-refractivity contribution in [3.05, 3.63) is 23.1 Å². The lowest BCUT2D eigenvalue weighted by atomic mass is 10.3. The van der Waals surface area contributed by atoms with Gasteiger partial charge in [0.05, 0.1) is 24.4 Å². The van der Waals surface area contributed by atoms with E-state index in [9.17, 15) is 0 Å². The monoisotopic (exact) mass is 394 g/mol. The quantitative estimate of drug-likeness (QED) is 0.758. The van der Waals surface area contributed by atoms with Gasteiger partial charge in [0.15, 0.2) is 0 Å². The standard InChI is InChI=1S/C15H19BrN6O2/c1-3-24-13-8-12(18-10-19-13)21-4-6-22(7-5-21)15-17-9-11(16)14(20-15)23-2/h8-10H,3-7H2,1-2H3. The smallest absolute Gasteiger partial charge is 0.232 e. The number of piperazine rings is 1. The summed E-state index contributed by atoms with van der Waals surface area (Å²) in [5.41, 5.74) is 0. The van der Waals surface area contributed by atoms with E-state index < -0.39 is 0 Å². The maximum Gasteiger partial charge on any atom is 0.232 e. The first-order chi connectivity index (χ1) is 11.7. The third-order valence-corrected chi connectivity index (χ3v) is 4.24. The van der Waals surface area contributed by atoms with E-state index in [1.165, 1.54) is 6.33 Å². The zero-order valence-corrected chi connectivity index (χ0v) is 15.2. The van der Waals surface area contributed by atoms with Crippen LogP contribution in [0.3, 0.4) is 0 Å². The van der Waals surface area contributed by atoms with Crippen LogP contribution in [0.1, 0.15) is 6.92 Å². The Morgan fingerprint density at radius 3 is 2.58 bits per heavy atom. The molecule has 0 aromatic carbocycles. The minimum Gasteiger partial charge on any atom is -0.480 e. The van der Waals surface area contributed by atoms with Gasteiger partial charge in [0, 0.05) is 32.2 Å². The predicted molar refractivity (Wildman–Crippen MR) is 93.9 cm³/mol. The molecule has 0 N–H and O–H groups in total. The lowest BCUT2D eigenvalue weighted by molar-refractivity contribution is 0.326. The van der Waals surface area contributed by atoms with Crippen LogP contribution >= 0.6 is 15.9 Å². The molecule has 2 aromatic rings. The molecule has 128 valence electrons. The van der Waals surface area contributed by atoms with Crippen molar-refractivity contribution < 1.29 is 9.47 Å². The molecule has 8 nitrogen and oxygen atoms in total. The Morgan fingerprint density at radius 2 is 1.88 bits per heavy atom. The van der Waals surface area contributed by atoms with Crippen LogP contribution in [0.4, 0.5) is 11.8 Å². The number of hydrogen-bond acceptors (Lipinski definition) is 8. The normalized spacial score (nSPS) is 14.6. The fraction of sp³-hybridized carbons (Fsp3) is 0.467. The molecule has 0 radical (unpaired) electrons. The molecule has 0 spiro atoms. The molecule has 0 unspecified atom stereocenters. The molecule has 24 heavy (non-hydrogen) atoms. The molecule has 0 saturated carbocycles. The maximum atomic E-state index is 5.44. The number of rotatable bonds is 5. The van der Waals surface area contributed by atoms with Gasteiger partial charge in [0.25, 0.3) is 0 Å². The van der Waals surface area contributed by atoms with Crippen LogP contribution in [0, 0.1) is 0 Å². The third-order valence-electron chi connectivity index (χ3n) is 3.70.